The van der Waals surface area contributed by atoms with Gasteiger partial charge in [0, 0.05) is 25.2 Å². The molecule has 1 heterocycles. The van der Waals surface area contributed by atoms with Crippen LogP contribution in [-0.4, -0.2) is 31.2 Å². The average Bonchev–Trinajstić information content (AvgIpc) is 3.30. The Balaban J connectivity index is 2.09. The smallest absolute Gasteiger partial charge is 0.341 e. The van der Waals surface area contributed by atoms with Crippen LogP contribution in [0.15, 0.2) is 30.5 Å². The van der Waals surface area contributed by atoms with Crippen LogP contribution in [0.3, 0.4) is 0 Å². The number of ether oxygens (including phenoxy) is 1. The zero-order valence-corrected chi connectivity index (χ0v) is 12.5. The Morgan fingerprint density at radius 1 is 1.38 bits per heavy atom. The molecule has 0 spiro atoms. The van der Waals surface area contributed by atoms with Crippen molar-refractivity contribution in [3.63, 3.8) is 0 Å². The lowest BCUT2D eigenvalue weighted by Gasteiger charge is -2.23. The fourth-order valence-corrected chi connectivity index (χ4v) is 2.68. The van der Waals surface area contributed by atoms with Crippen molar-refractivity contribution in [3.8, 4) is 0 Å². The van der Waals surface area contributed by atoms with E-state index >= 15 is 0 Å². The first kappa shape index (κ1) is 13.9. The second-order valence-electron chi connectivity index (χ2n) is 5.58. The molecule has 0 radical (unpaired) electrons. The summed E-state index contributed by atoms with van der Waals surface area (Å²) in [6.45, 7) is 3.16. The van der Waals surface area contributed by atoms with Gasteiger partial charge >= 0.3 is 5.97 Å². The SMILES string of the molecule is CCOC(=O)c1cnc2ccccc2c1N(C)CC1CC1. The number of carbonyl (C=O) groups is 1. The number of benzene rings is 1. The summed E-state index contributed by atoms with van der Waals surface area (Å²) in [5.74, 6) is 0.449. The van der Waals surface area contributed by atoms with Crippen molar-refractivity contribution in [3.05, 3.63) is 36.0 Å². The van der Waals surface area contributed by atoms with Gasteiger partial charge in [0.15, 0.2) is 0 Å². The van der Waals surface area contributed by atoms with Gasteiger partial charge in [0.1, 0.15) is 5.56 Å². The van der Waals surface area contributed by atoms with Gasteiger partial charge in [0.05, 0.1) is 17.8 Å². The molecule has 2 aromatic rings. The third-order valence-electron chi connectivity index (χ3n) is 3.85. The highest BCUT2D eigenvalue weighted by Gasteiger charge is 2.26. The molecule has 1 aromatic carbocycles. The molecular weight excluding hydrogens is 264 g/mol. The Labute approximate surface area is 124 Å². The molecule has 0 N–H and O–H groups in total. The Morgan fingerprint density at radius 2 is 2.14 bits per heavy atom. The number of hydrogen-bond donors (Lipinski definition) is 0. The highest BCUT2D eigenvalue weighted by molar-refractivity contribution is 6.05. The van der Waals surface area contributed by atoms with E-state index in [2.05, 4.69) is 9.88 Å². The monoisotopic (exact) mass is 284 g/mol. The van der Waals surface area contributed by atoms with Crippen LogP contribution in [0.2, 0.25) is 0 Å². The van der Waals surface area contributed by atoms with Crippen molar-refractivity contribution in [1.29, 1.82) is 0 Å². The number of pyridine rings is 1. The Bertz CT molecular complexity index is 665. The van der Waals surface area contributed by atoms with E-state index in [1.54, 1.807) is 6.20 Å². The zero-order chi connectivity index (χ0) is 14.8. The fraction of sp³-hybridized carbons (Fsp3) is 0.412. The number of carbonyl (C=O) groups excluding carboxylic acids is 1. The number of para-hydroxylation sites is 1. The van der Waals surface area contributed by atoms with E-state index in [4.69, 9.17) is 4.74 Å². The molecule has 1 aromatic heterocycles. The minimum atomic E-state index is -0.298. The second kappa shape index (κ2) is 5.72. The van der Waals surface area contributed by atoms with Crippen molar-refractivity contribution < 1.29 is 9.53 Å². The molecule has 0 bridgehead atoms. The zero-order valence-electron chi connectivity index (χ0n) is 12.5. The van der Waals surface area contributed by atoms with Crippen LogP contribution in [0.5, 0.6) is 0 Å². The van der Waals surface area contributed by atoms with Crippen molar-refractivity contribution in [1.82, 2.24) is 4.98 Å². The predicted molar refractivity (Wildman–Crippen MR) is 83.7 cm³/mol. The molecule has 4 nitrogen and oxygen atoms in total. The molecule has 0 atom stereocenters. The van der Waals surface area contributed by atoms with Crippen LogP contribution in [0.25, 0.3) is 10.9 Å². The van der Waals surface area contributed by atoms with E-state index in [1.165, 1.54) is 12.8 Å². The number of hydrogen-bond acceptors (Lipinski definition) is 4. The molecule has 1 aliphatic carbocycles. The number of anilines is 1. The minimum absolute atomic E-state index is 0.298. The topological polar surface area (TPSA) is 42.4 Å². The molecule has 110 valence electrons. The van der Waals surface area contributed by atoms with Crippen LogP contribution < -0.4 is 4.90 Å². The summed E-state index contributed by atoms with van der Waals surface area (Å²) in [5, 5.41) is 1.01. The molecule has 0 saturated heterocycles. The van der Waals surface area contributed by atoms with Gasteiger partial charge in [-0.3, -0.25) is 4.98 Å². The highest BCUT2D eigenvalue weighted by Crippen LogP contribution is 2.34. The van der Waals surface area contributed by atoms with E-state index in [1.807, 2.05) is 38.2 Å². The van der Waals surface area contributed by atoms with Gasteiger partial charge < -0.3 is 9.64 Å². The highest BCUT2D eigenvalue weighted by atomic mass is 16.5. The molecule has 1 aliphatic rings. The average molecular weight is 284 g/mol. The lowest BCUT2D eigenvalue weighted by molar-refractivity contribution is 0.0527. The Morgan fingerprint density at radius 3 is 2.86 bits per heavy atom. The van der Waals surface area contributed by atoms with Gasteiger partial charge in [-0.2, -0.15) is 0 Å². The van der Waals surface area contributed by atoms with Crippen molar-refractivity contribution in [2.24, 2.45) is 5.92 Å². The van der Waals surface area contributed by atoms with Crippen molar-refractivity contribution in [2.75, 3.05) is 25.1 Å². The first-order valence-corrected chi connectivity index (χ1v) is 7.46. The lowest BCUT2D eigenvalue weighted by atomic mass is 10.1. The largest absolute Gasteiger partial charge is 0.462 e. The van der Waals surface area contributed by atoms with E-state index in [-0.39, 0.29) is 5.97 Å². The van der Waals surface area contributed by atoms with Gasteiger partial charge in [-0.25, -0.2) is 4.79 Å². The first-order chi connectivity index (χ1) is 10.2. The van der Waals surface area contributed by atoms with Gasteiger partial charge in [-0.05, 0) is 31.7 Å². The van der Waals surface area contributed by atoms with Gasteiger partial charge in [0.25, 0.3) is 0 Å². The third kappa shape index (κ3) is 2.84. The van der Waals surface area contributed by atoms with Crippen LogP contribution in [0.1, 0.15) is 30.1 Å². The summed E-state index contributed by atoms with van der Waals surface area (Å²) < 4.78 is 5.18. The van der Waals surface area contributed by atoms with E-state index in [9.17, 15) is 4.79 Å². The number of esters is 1. The molecule has 0 amide bonds. The van der Waals surface area contributed by atoms with Gasteiger partial charge in [-0.1, -0.05) is 18.2 Å². The summed E-state index contributed by atoms with van der Waals surface area (Å²) >= 11 is 0. The lowest BCUT2D eigenvalue weighted by Crippen LogP contribution is -2.23. The maximum Gasteiger partial charge on any atom is 0.341 e. The molecule has 0 aliphatic heterocycles. The number of aromatic nitrogens is 1. The summed E-state index contributed by atoms with van der Waals surface area (Å²) in [4.78, 5) is 18.8. The number of fused-ring (bicyclic) bond motifs is 1. The van der Waals surface area contributed by atoms with Crippen molar-refractivity contribution >= 4 is 22.6 Å². The van der Waals surface area contributed by atoms with E-state index in [0.29, 0.717) is 12.2 Å². The Kier molecular flexibility index (Phi) is 3.78. The Hall–Kier alpha value is -2.10. The van der Waals surface area contributed by atoms with E-state index in [0.717, 1.165) is 29.1 Å². The summed E-state index contributed by atoms with van der Waals surface area (Å²) in [5.41, 5.74) is 2.40. The van der Waals surface area contributed by atoms with Crippen LogP contribution >= 0.6 is 0 Å². The number of nitrogens with zero attached hydrogens (tertiary/aromatic N) is 2. The van der Waals surface area contributed by atoms with Gasteiger partial charge in [-0.15, -0.1) is 0 Å². The molecule has 1 saturated carbocycles. The molecule has 0 unspecified atom stereocenters. The quantitative estimate of drug-likeness (QED) is 0.790. The summed E-state index contributed by atoms with van der Waals surface area (Å²) in [6, 6.07) is 7.93. The number of rotatable bonds is 5. The van der Waals surface area contributed by atoms with E-state index < -0.39 is 0 Å². The molecule has 3 rings (SSSR count). The molecule has 21 heavy (non-hydrogen) atoms. The first-order valence-electron chi connectivity index (χ1n) is 7.46. The maximum absolute atomic E-state index is 12.2. The fourth-order valence-electron chi connectivity index (χ4n) is 2.68. The minimum Gasteiger partial charge on any atom is -0.462 e. The van der Waals surface area contributed by atoms with Crippen LogP contribution in [0, 0.1) is 5.92 Å². The van der Waals surface area contributed by atoms with Gasteiger partial charge in [0.2, 0.25) is 0 Å². The molecule has 4 heteroatoms. The van der Waals surface area contributed by atoms with Crippen molar-refractivity contribution in [2.45, 2.75) is 19.8 Å². The van der Waals surface area contributed by atoms with Crippen LogP contribution in [-0.2, 0) is 4.74 Å². The standard InChI is InChI=1S/C17H20N2O2/c1-3-21-17(20)14-10-18-15-7-5-4-6-13(15)16(14)19(2)11-12-8-9-12/h4-7,10,12H,3,8-9,11H2,1-2H3. The normalized spacial score (nSPS) is 14.2. The second-order valence-corrected chi connectivity index (χ2v) is 5.58. The molecular formula is C17H20N2O2. The summed E-state index contributed by atoms with van der Waals surface area (Å²) in [6.07, 6.45) is 4.20. The maximum atomic E-state index is 12.2. The molecule has 1 fully saturated rings. The summed E-state index contributed by atoms with van der Waals surface area (Å²) in [7, 11) is 2.04. The predicted octanol–water partition coefficient (Wildman–Crippen LogP) is 3.26. The van der Waals surface area contributed by atoms with Crippen LogP contribution in [0.4, 0.5) is 5.69 Å². The third-order valence-corrected chi connectivity index (χ3v) is 3.85.